The van der Waals surface area contributed by atoms with Gasteiger partial charge < -0.3 is 0 Å². The maximum absolute atomic E-state index is 7.69. The van der Waals surface area contributed by atoms with E-state index in [1.807, 2.05) is 0 Å². The smallest absolute Gasteiger partial charge is 0.109 e. The quantitative estimate of drug-likeness (QED) is 0.328. The van der Waals surface area contributed by atoms with Gasteiger partial charge in [-0.2, -0.15) is 0 Å². The molecule has 0 fully saturated rings. The Morgan fingerprint density at radius 3 is 2.29 bits per heavy atom. The standard InChI is InChI=1S/CH6NO4P/c1-4-2(5-3)6-7/h3H,7H2,1H3. The van der Waals surface area contributed by atoms with E-state index in [2.05, 4.69) is 14.5 Å². The number of nitrogens with zero attached hydrogens (tertiary/aromatic N) is 1. The fraction of sp³-hybridized carbons (Fsp3) is 1.00. The van der Waals surface area contributed by atoms with Crippen LogP contribution in [0, 0.1) is 0 Å². The molecule has 0 aromatic carbocycles. The Kier molecular flexibility index (Phi) is 4.53. The Balaban J connectivity index is 2.99. The SMILES string of the molecule is CON(OO)OP. The highest BCUT2D eigenvalue weighted by Crippen LogP contribution is 1.93. The maximum Gasteiger partial charge on any atom is 0.109 e. The molecule has 6 heteroatoms. The number of hydrogen-bond donors (Lipinski definition) is 1. The van der Waals surface area contributed by atoms with Crippen molar-refractivity contribution in [1.29, 1.82) is 0 Å². The van der Waals surface area contributed by atoms with Gasteiger partial charge in [0.05, 0.1) is 7.11 Å². The predicted octanol–water partition coefficient (Wildman–Crippen LogP) is -0.0239. The minimum absolute atomic E-state index is 0.394. The van der Waals surface area contributed by atoms with Crippen molar-refractivity contribution in [3.05, 3.63) is 0 Å². The summed E-state index contributed by atoms with van der Waals surface area (Å²) in [4.78, 5) is 7.58. The molecule has 0 heterocycles. The lowest BCUT2D eigenvalue weighted by Crippen LogP contribution is -2.16. The van der Waals surface area contributed by atoms with E-state index in [0.29, 0.717) is 5.39 Å². The molecule has 7 heavy (non-hydrogen) atoms. The summed E-state index contributed by atoms with van der Waals surface area (Å²) in [5.74, 6) is 0. The molecular weight excluding hydrogens is 121 g/mol. The predicted molar refractivity (Wildman–Crippen MR) is 23.4 cm³/mol. The number of hydrogen-bond acceptors (Lipinski definition) is 5. The Morgan fingerprint density at radius 1 is 1.71 bits per heavy atom. The molecule has 0 aliphatic carbocycles. The van der Waals surface area contributed by atoms with Crippen LogP contribution in [0.3, 0.4) is 0 Å². The lowest BCUT2D eigenvalue weighted by Gasteiger charge is -2.07. The van der Waals surface area contributed by atoms with Crippen molar-refractivity contribution < 1.29 is 19.7 Å². The third-order valence-corrected chi connectivity index (χ3v) is 0.474. The van der Waals surface area contributed by atoms with Crippen molar-refractivity contribution in [2.45, 2.75) is 0 Å². The van der Waals surface area contributed by atoms with Gasteiger partial charge in [-0.05, 0) is 0 Å². The van der Waals surface area contributed by atoms with E-state index in [-0.39, 0.29) is 0 Å². The van der Waals surface area contributed by atoms with Crippen LogP contribution in [0.15, 0.2) is 0 Å². The molecule has 1 atom stereocenters. The Morgan fingerprint density at radius 2 is 2.29 bits per heavy atom. The van der Waals surface area contributed by atoms with Crippen LogP contribution in [0.1, 0.15) is 0 Å². The molecule has 0 rings (SSSR count). The molecule has 0 saturated heterocycles. The van der Waals surface area contributed by atoms with Gasteiger partial charge in [0.1, 0.15) is 5.39 Å². The molecule has 0 aliphatic heterocycles. The van der Waals surface area contributed by atoms with E-state index in [1.165, 1.54) is 7.11 Å². The molecular formula is CH6NO4P. The molecule has 0 bridgehead atoms. The first kappa shape index (κ1) is 7.23. The van der Waals surface area contributed by atoms with Crippen LogP contribution < -0.4 is 0 Å². The molecule has 0 aliphatic rings. The zero-order chi connectivity index (χ0) is 5.70. The van der Waals surface area contributed by atoms with Gasteiger partial charge in [-0.1, -0.05) is 4.99 Å². The van der Waals surface area contributed by atoms with Crippen LogP contribution in [-0.2, 0) is 14.5 Å². The van der Waals surface area contributed by atoms with Crippen molar-refractivity contribution in [2.75, 3.05) is 7.11 Å². The maximum atomic E-state index is 7.69. The Labute approximate surface area is 42.8 Å². The summed E-state index contributed by atoms with van der Waals surface area (Å²) in [6, 6.07) is 0. The molecule has 1 N–H and O–H groups in total. The van der Waals surface area contributed by atoms with Crippen LogP contribution in [0.4, 0.5) is 0 Å². The average molecular weight is 127 g/mol. The summed E-state index contributed by atoms with van der Waals surface area (Å²) >= 11 is 0. The minimum Gasteiger partial charge on any atom is -0.252 e. The summed E-state index contributed by atoms with van der Waals surface area (Å²) in [5.41, 5.74) is 0. The molecule has 0 aromatic rings. The highest BCUT2D eigenvalue weighted by atomic mass is 31.0. The highest BCUT2D eigenvalue weighted by Gasteiger charge is 1.95. The molecule has 0 saturated carbocycles. The highest BCUT2D eigenvalue weighted by molar-refractivity contribution is 7.09. The lowest BCUT2D eigenvalue weighted by molar-refractivity contribution is -0.584. The summed E-state index contributed by atoms with van der Waals surface area (Å²) in [5, 5.41) is 8.08. The van der Waals surface area contributed by atoms with Gasteiger partial charge in [-0.25, -0.2) is 9.88 Å². The monoisotopic (exact) mass is 127 g/mol. The largest absolute Gasteiger partial charge is 0.252 e. The van der Waals surface area contributed by atoms with Crippen molar-refractivity contribution in [3.8, 4) is 0 Å². The summed E-state index contributed by atoms with van der Waals surface area (Å²) < 4.78 is 4.10. The van der Waals surface area contributed by atoms with E-state index in [0.717, 1.165) is 0 Å². The van der Waals surface area contributed by atoms with Gasteiger partial charge in [-0.15, -0.1) is 0 Å². The first-order valence-corrected chi connectivity index (χ1v) is 1.85. The molecule has 0 amide bonds. The fourth-order valence-electron chi connectivity index (χ4n) is 0.0956. The van der Waals surface area contributed by atoms with Gasteiger partial charge in [0.25, 0.3) is 0 Å². The van der Waals surface area contributed by atoms with Crippen molar-refractivity contribution in [2.24, 2.45) is 0 Å². The second-order valence-corrected chi connectivity index (χ2v) is 0.804. The van der Waals surface area contributed by atoms with E-state index in [4.69, 9.17) is 5.26 Å². The van der Waals surface area contributed by atoms with Crippen molar-refractivity contribution >= 4 is 9.47 Å². The van der Waals surface area contributed by atoms with Gasteiger partial charge >= 0.3 is 0 Å². The Bertz CT molecular complexity index is 33.2. The third kappa shape index (κ3) is 2.87. The van der Waals surface area contributed by atoms with Crippen LogP contribution in [0.5, 0.6) is 0 Å². The molecule has 1 unspecified atom stereocenters. The second-order valence-electron chi connectivity index (χ2n) is 0.593. The fourth-order valence-corrected chi connectivity index (χ4v) is 0.220. The van der Waals surface area contributed by atoms with E-state index < -0.39 is 0 Å². The summed E-state index contributed by atoms with van der Waals surface area (Å²) in [6.45, 7) is 0. The third-order valence-electron chi connectivity index (χ3n) is 0.302. The first-order valence-electron chi connectivity index (χ1n) is 1.37. The minimum atomic E-state index is 0.394. The molecule has 0 aromatic heterocycles. The van der Waals surface area contributed by atoms with Crippen LogP contribution in [-0.4, -0.2) is 17.8 Å². The topological polar surface area (TPSA) is 51.2 Å². The van der Waals surface area contributed by atoms with Crippen molar-refractivity contribution in [3.63, 3.8) is 0 Å². The summed E-state index contributed by atoms with van der Waals surface area (Å²) in [7, 11) is 3.06. The zero-order valence-corrected chi connectivity index (χ0v) is 4.85. The molecule has 44 valence electrons. The van der Waals surface area contributed by atoms with Crippen molar-refractivity contribution in [1.82, 2.24) is 5.39 Å². The van der Waals surface area contributed by atoms with Crippen LogP contribution in [0.2, 0.25) is 0 Å². The molecule has 5 nitrogen and oxygen atoms in total. The van der Waals surface area contributed by atoms with Crippen LogP contribution >= 0.6 is 9.47 Å². The normalized spacial score (nSPS) is 10.3. The molecule has 0 spiro atoms. The Hall–Kier alpha value is 0.230. The average Bonchev–Trinajstić information content (AvgIpc) is 1.72. The van der Waals surface area contributed by atoms with E-state index in [9.17, 15) is 0 Å². The molecule has 0 radical (unpaired) electrons. The zero-order valence-electron chi connectivity index (χ0n) is 3.70. The van der Waals surface area contributed by atoms with E-state index >= 15 is 0 Å². The van der Waals surface area contributed by atoms with Gasteiger partial charge in [-0.3, -0.25) is 4.84 Å². The first-order chi connectivity index (χ1) is 3.35. The van der Waals surface area contributed by atoms with Gasteiger partial charge in [0.2, 0.25) is 0 Å². The van der Waals surface area contributed by atoms with E-state index in [1.54, 1.807) is 9.47 Å². The number of rotatable bonds is 3. The van der Waals surface area contributed by atoms with Gasteiger partial charge in [0.15, 0.2) is 0 Å². The summed E-state index contributed by atoms with van der Waals surface area (Å²) in [6.07, 6.45) is 0. The lowest BCUT2D eigenvalue weighted by atomic mass is 11.7. The van der Waals surface area contributed by atoms with Gasteiger partial charge in [0, 0.05) is 9.47 Å². The second kappa shape index (κ2) is 4.39. The van der Waals surface area contributed by atoms with Crippen LogP contribution in [0.25, 0.3) is 0 Å².